The van der Waals surface area contributed by atoms with Gasteiger partial charge in [-0.2, -0.15) is 0 Å². The van der Waals surface area contributed by atoms with Crippen LogP contribution in [-0.2, 0) is 6.42 Å². The minimum absolute atomic E-state index is 0.198. The quantitative estimate of drug-likeness (QED) is 0.883. The van der Waals surface area contributed by atoms with Crippen LogP contribution in [0.15, 0.2) is 46.9 Å². The molecule has 2 aromatic carbocycles. The van der Waals surface area contributed by atoms with Gasteiger partial charge in [-0.15, -0.1) is 0 Å². The van der Waals surface area contributed by atoms with E-state index in [1.165, 1.54) is 12.1 Å². The molecule has 18 heavy (non-hydrogen) atoms. The number of halogens is 3. The zero-order valence-electron chi connectivity index (χ0n) is 9.54. The molecule has 0 fully saturated rings. The molecule has 0 saturated heterocycles. The van der Waals surface area contributed by atoms with Gasteiger partial charge in [-0.05, 0) is 41.8 Å². The fourth-order valence-electron chi connectivity index (χ4n) is 1.79. The molecule has 0 aliphatic heterocycles. The van der Waals surface area contributed by atoms with E-state index in [2.05, 4.69) is 15.9 Å². The molecule has 0 aromatic heterocycles. The van der Waals surface area contributed by atoms with Crippen LogP contribution in [0.2, 0.25) is 5.02 Å². The van der Waals surface area contributed by atoms with Crippen molar-refractivity contribution in [1.29, 1.82) is 0 Å². The van der Waals surface area contributed by atoms with Gasteiger partial charge in [0.2, 0.25) is 0 Å². The third-order valence-electron chi connectivity index (χ3n) is 2.73. The van der Waals surface area contributed by atoms with Gasteiger partial charge in [0.15, 0.2) is 0 Å². The van der Waals surface area contributed by atoms with Crippen LogP contribution < -0.4 is 5.73 Å². The maximum Gasteiger partial charge on any atom is 0.123 e. The second-order valence-corrected chi connectivity index (χ2v) is 5.43. The molecule has 2 rings (SSSR count). The molecule has 1 unspecified atom stereocenters. The first kappa shape index (κ1) is 13.5. The first-order valence-corrected chi connectivity index (χ1v) is 6.68. The van der Waals surface area contributed by atoms with Crippen molar-refractivity contribution in [3.63, 3.8) is 0 Å². The third-order valence-corrected chi connectivity index (χ3v) is 3.55. The fourth-order valence-corrected chi connectivity index (χ4v) is 2.60. The van der Waals surface area contributed by atoms with Gasteiger partial charge in [-0.3, -0.25) is 0 Å². The van der Waals surface area contributed by atoms with Gasteiger partial charge in [0.05, 0.1) is 0 Å². The second kappa shape index (κ2) is 5.83. The Kier molecular flexibility index (Phi) is 4.38. The molecule has 0 bridgehead atoms. The SMILES string of the molecule is NC(Cc1ccc(F)cc1)c1ccc(Br)cc1Cl. The summed E-state index contributed by atoms with van der Waals surface area (Å²) in [6.07, 6.45) is 0.627. The lowest BCUT2D eigenvalue weighted by atomic mass is 10.00. The van der Waals surface area contributed by atoms with E-state index >= 15 is 0 Å². The van der Waals surface area contributed by atoms with Crippen molar-refractivity contribution in [2.45, 2.75) is 12.5 Å². The molecule has 1 nitrogen and oxygen atoms in total. The van der Waals surface area contributed by atoms with Crippen LogP contribution >= 0.6 is 27.5 Å². The summed E-state index contributed by atoms with van der Waals surface area (Å²) in [5, 5.41) is 0.638. The average molecular weight is 329 g/mol. The summed E-state index contributed by atoms with van der Waals surface area (Å²) >= 11 is 9.50. The predicted octanol–water partition coefficient (Wildman–Crippen LogP) is 4.48. The highest BCUT2D eigenvalue weighted by Crippen LogP contribution is 2.27. The molecule has 0 saturated carbocycles. The molecular weight excluding hydrogens is 317 g/mol. The lowest BCUT2D eigenvalue weighted by molar-refractivity contribution is 0.625. The van der Waals surface area contributed by atoms with Gasteiger partial charge in [0.1, 0.15) is 5.82 Å². The van der Waals surface area contributed by atoms with Crippen LogP contribution in [0, 0.1) is 5.82 Å². The van der Waals surface area contributed by atoms with Crippen LogP contribution in [0.5, 0.6) is 0 Å². The number of nitrogens with two attached hydrogens (primary N) is 1. The maximum absolute atomic E-state index is 12.8. The van der Waals surface area contributed by atoms with Crippen LogP contribution in [0.3, 0.4) is 0 Å². The minimum atomic E-state index is -0.242. The standard InChI is InChI=1S/C14H12BrClFN/c15-10-3-6-12(13(16)8-10)14(18)7-9-1-4-11(17)5-2-9/h1-6,8,14H,7,18H2. The molecule has 2 N–H and O–H groups in total. The van der Waals surface area contributed by atoms with Crippen LogP contribution in [0.1, 0.15) is 17.2 Å². The first-order chi connectivity index (χ1) is 8.56. The lowest BCUT2D eigenvalue weighted by Crippen LogP contribution is -2.13. The summed E-state index contributed by atoms with van der Waals surface area (Å²) in [7, 11) is 0. The Morgan fingerprint density at radius 2 is 1.83 bits per heavy atom. The molecule has 0 amide bonds. The summed E-state index contributed by atoms with van der Waals surface area (Å²) in [6, 6.07) is 11.8. The molecular formula is C14H12BrClFN. The molecule has 0 aliphatic carbocycles. The van der Waals surface area contributed by atoms with Crippen molar-refractivity contribution in [3.05, 3.63) is 68.9 Å². The molecule has 0 spiro atoms. The molecule has 4 heteroatoms. The van der Waals surface area contributed by atoms with Crippen molar-refractivity contribution in [2.75, 3.05) is 0 Å². The number of hydrogen-bond donors (Lipinski definition) is 1. The smallest absolute Gasteiger partial charge is 0.123 e. The Morgan fingerprint density at radius 1 is 1.17 bits per heavy atom. The van der Waals surface area contributed by atoms with E-state index in [-0.39, 0.29) is 11.9 Å². The molecule has 0 heterocycles. The highest BCUT2D eigenvalue weighted by atomic mass is 79.9. The van der Waals surface area contributed by atoms with Crippen LogP contribution in [0.25, 0.3) is 0 Å². The van der Waals surface area contributed by atoms with Gasteiger partial charge in [0.25, 0.3) is 0 Å². The van der Waals surface area contributed by atoms with Crippen LogP contribution in [0.4, 0.5) is 4.39 Å². The zero-order chi connectivity index (χ0) is 13.1. The Balaban J connectivity index is 2.16. The van der Waals surface area contributed by atoms with E-state index in [0.717, 1.165) is 15.6 Å². The zero-order valence-corrected chi connectivity index (χ0v) is 11.9. The molecule has 0 radical (unpaired) electrons. The molecule has 94 valence electrons. The van der Waals surface area contributed by atoms with Gasteiger partial charge in [0, 0.05) is 15.5 Å². The maximum atomic E-state index is 12.8. The minimum Gasteiger partial charge on any atom is -0.324 e. The number of benzene rings is 2. The summed E-state index contributed by atoms with van der Waals surface area (Å²) < 4.78 is 13.7. The van der Waals surface area contributed by atoms with Gasteiger partial charge in [-0.25, -0.2) is 4.39 Å². The van der Waals surface area contributed by atoms with Crippen molar-refractivity contribution >= 4 is 27.5 Å². The second-order valence-electron chi connectivity index (χ2n) is 4.10. The summed E-state index contributed by atoms with van der Waals surface area (Å²) in [6.45, 7) is 0. The highest BCUT2D eigenvalue weighted by molar-refractivity contribution is 9.10. The number of hydrogen-bond acceptors (Lipinski definition) is 1. The van der Waals surface area contributed by atoms with Gasteiger partial charge in [-0.1, -0.05) is 45.7 Å². The molecule has 1 atom stereocenters. The van der Waals surface area contributed by atoms with Crippen LogP contribution in [-0.4, -0.2) is 0 Å². The summed E-state index contributed by atoms with van der Waals surface area (Å²) in [5.74, 6) is -0.242. The van der Waals surface area contributed by atoms with Crippen molar-refractivity contribution < 1.29 is 4.39 Å². The monoisotopic (exact) mass is 327 g/mol. The average Bonchev–Trinajstić information content (AvgIpc) is 2.32. The van der Waals surface area contributed by atoms with E-state index in [9.17, 15) is 4.39 Å². The van der Waals surface area contributed by atoms with E-state index in [4.69, 9.17) is 17.3 Å². The normalized spacial score (nSPS) is 12.4. The summed E-state index contributed by atoms with van der Waals surface area (Å²) in [4.78, 5) is 0. The third kappa shape index (κ3) is 3.31. The Bertz CT molecular complexity index is 542. The van der Waals surface area contributed by atoms with Crippen molar-refractivity contribution in [3.8, 4) is 0 Å². The lowest BCUT2D eigenvalue weighted by Gasteiger charge is -2.14. The highest BCUT2D eigenvalue weighted by Gasteiger charge is 2.11. The number of rotatable bonds is 3. The Hall–Kier alpha value is -0.900. The van der Waals surface area contributed by atoms with E-state index < -0.39 is 0 Å². The Morgan fingerprint density at radius 3 is 2.44 bits per heavy atom. The predicted molar refractivity (Wildman–Crippen MR) is 76.2 cm³/mol. The van der Waals surface area contributed by atoms with E-state index in [1.54, 1.807) is 12.1 Å². The fraction of sp³-hybridized carbons (Fsp3) is 0.143. The van der Waals surface area contributed by atoms with Crippen molar-refractivity contribution in [1.82, 2.24) is 0 Å². The molecule has 2 aromatic rings. The topological polar surface area (TPSA) is 26.0 Å². The molecule has 0 aliphatic rings. The largest absolute Gasteiger partial charge is 0.324 e. The van der Waals surface area contributed by atoms with Crippen molar-refractivity contribution in [2.24, 2.45) is 5.73 Å². The van der Waals surface area contributed by atoms with E-state index in [1.807, 2.05) is 18.2 Å². The first-order valence-electron chi connectivity index (χ1n) is 5.51. The van der Waals surface area contributed by atoms with Gasteiger partial charge < -0.3 is 5.73 Å². The van der Waals surface area contributed by atoms with Gasteiger partial charge >= 0.3 is 0 Å². The summed E-state index contributed by atoms with van der Waals surface area (Å²) in [5.41, 5.74) is 8.00. The van der Waals surface area contributed by atoms with E-state index in [0.29, 0.717) is 11.4 Å². The Labute approximate surface area is 119 Å².